The second-order valence-electron chi connectivity index (χ2n) is 11.4. The van der Waals surface area contributed by atoms with Crippen LogP contribution in [0.15, 0.2) is 59.5 Å². The average molecular weight is 783 g/mol. The SMILES string of the molecule is CCOP(=O)(OCC)OCCCCOC(=O)c1ccccc1NC(=O)CC[C@H](NC(=O)c1ccc(NC(=O)c2cnc3[nH]c(N)nc(=O)c3n2)cc1)C(=O)O. The zero-order chi connectivity index (χ0) is 40.0. The van der Waals surface area contributed by atoms with Crippen molar-refractivity contribution in [2.45, 2.75) is 45.6 Å². The van der Waals surface area contributed by atoms with Gasteiger partial charge in [-0.25, -0.2) is 24.1 Å². The normalized spacial score (nSPS) is 11.7. The molecule has 3 amide bonds. The Bertz CT molecular complexity index is 2120. The van der Waals surface area contributed by atoms with Crippen molar-refractivity contribution < 1.29 is 52.0 Å². The quantitative estimate of drug-likeness (QED) is 0.0426. The fourth-order valence-electron chi connectivity index (χ4n) is 4.76. The van der Waals surface area contributed by atoms with Crippen LogP contribution in [-0.2, 0) is 32.5 Å². The number of amides is 3. The predicted molar refractivity (Wildman–Crippen MR) is 196 cm³/mol. The lowest BCUT2D eigenvalue weighted by Crippen LogP contribution is -2.41. The molecule has 55 heavy (non-hydrogen) atoms. The number of fused-ring (bicyclic) bond motifs is 1. The molecule has 2 aromatic carbocycles. The molecule has 21 heteroatoms. The van der Waals surface area contributed by atoms with Crippen molar-refractivity contribution in [3.8, 4) is 0 Å². The molecular formula is C34H39N8O12P. The number of hydrogen-bond acceptors (Lipinski definition) is 15. The van der Waals surface area contributed by atoms with Crippen LogP contribution in [0.3, 0.4) is 0 Å². The zero-order valence-electron chi connectivity index (χ0n) is 29.7. The fraction of sp³-hybridized carbons (Fsp3) is 0.324. The van der Waals surface area contributed by atoms with Gasteiger partial charge >= 0.3 is 25.3 Å². The number of nitrogen functional groups attached to an aromatic ring is 1. The summed E-state index contributed by atoms with van der Waals surface area (Å²) in [6, 6.07) is 10.1. The second-order valence-corrected chi connectivity index (χ2v) is 13.0. The molecule has 2 heterocycles. The Morgan fingerprint density at radius 3 is 2.29 bits per heavy atom. The molecule has 4 aromatic rings. The highest BCUT2D eigenvalue weighted by molar-refractivity contribution is 7.48. The van der Waals surface area contributed by atoms with Crippen LogP contribution < -0.4 is 27.2 Å². The van der Waals surface area contributed by atoms with E-state index in [4.69, 9.17) is 24.0 Å². The van der Waals surface area contributed by atoms with E-state index in [-0.39, 0.29) is 84.6 Å². The summed E-state index contributed by atoms with van der Waals surface area (Å²) in [5.41, 5.74) is 4.92. The molecule has 0 radical (unpaired) electrons. The number of hydrogen-bond donors (Lipinski definition) is 6. The molecule has 0 saturated carbocycles. The van der Waals surface area contributed by atoms with Gasteiger partial charge in [-0.1, -0.05) is 12.1 Å². The number of phosphoric ester groups is 1. The first-order valence-electron chi connectivity index (χ1n) is 16.9. The minimum absolute atomic E-state index is 0.00776. The highest BCUT2D eigenvalue weighted by Crippen LogP contribution is 2.49. The van der Waals surface area contributed by atoms with Gasteiger partial charge in [-0.15, -0.1) is 0 Å². The summed E-state index contributed by atoms with van der Waals surface area (Å²) >= 11 is 0. The van der Waals surface area contributed by atoms with Gasteiger partial charge in [-0.05, 0) is 69.5 Å². The number of esters is 1. The molecule has 2 aromatic heterocycles. The third-order valence-corrected chi connectivity index (χ3v) is 9.01. The van der Waals surface area contributed by atoms with E-state index in [2.05, 4.69) is 35.9 Å². The van der Waals surface area contributed by atoms with Gasteiger partial charge < -0.3 is 36.5 Å². The number of ether oxygens (including phenoxy) is 1. The number of nitrogens with two attached hydrogens (primary N) is 1. The van der Waals surface area contributed by atoms with Crippen molar-refractivity contribution in [1.82, 2.24) is 25.3 Å². The van der Waals surface area contributed by atoms with Gasteiger partial charge in [0, 0.05) is 17.7 Å². The number of H-pyrrole nitrogens is 1. The largest absolute Gasteiger partial charge is 0.480 e. The van der Waals surface area contributed by atoms with E-state index in [0.29, 0.717) is 12.8 Å². The summed E-state index contributed by atoms with van der Waals surface area (Å²) < 4.78 is 33.0. The van der Waals surface area contributed by atoms with Crippen LogP contribution in [-0.4, -0.2) is 87.2 Å². The Balaban J connectivity index is 1.25. The number of aromatic amines is 1. The molecule has 292 valence electrons. The van der Waals surface area contributed by atoms with E-state index in [0.717, 1.165) is 6.20 Å². The van der Waals surface area contributed by atoms with Crippen LogP contribution in [0.5, 0.6) is 0 Å². The molecule has 0 bridgehead atoms. The van der Waals surface area contributed by atoms with E-state index in [1.54, 1.807) is 26.0 Å². The molecule has 0 unspecified atom stereocenters. The van der Waals surface area contributed by atoms with Crippen LogP contribution in [0.2, 0.25) is 0 Å². The number of carboxylic acid groups (broad SMARTS) is 1. The lowest BCUT2D eigenvalue weighted by Gasteiger charge is -2.16. The summed E-state index contributed by atoms with van der Waals surface area (Å²) in [5.74, 6) is -4.33. The molecule has 0 fully saturated rings. The number of aliphatic carboxylic acids is 1. The number of phosphoric acid groups is 1. The molecule has 20 nitrogen and oxygen atoms in total. The Morgan fingerprint density at radius 1 is 0.909 bits per heavy atom. The summed E-state index contributed by atoms with van der Waals surface area (Å²) in [7, 11) is -3.64. The highest BCUT2D eigenvalue weighted by atomic mass is 31.2. The molecule has 0 saturated heterocycles. The van der Waals surface area contributed by atoms with E-state index in [1.807, 2.05) is 0 Å². The van der Waals surface area contributed by atoms with Crippen molar-refractivity contribution in [3.05, 3.63) is 81.9 Å². The molecule has 1 atom stereocenters. The van der Waals surface area contributed by atoms with Crippen molar-refractivity contribution in [1.29, 1.82) is 0 Å². The van der Waals surface area contributed by atoms with Crippen LogP contribution in [0.25, 0.3) is 11.2 Å². The van der Waals surface area contributed by atoms with E-state index in [9.17, 15) is 38.4 Å². The standard InChI is InChI=1S/C34H39N8O12P/c1-3-52-55(50,53-4-2)54-18-8-7-17-51-33(49)22-9-5-6-10-23(22)38-26(43)16-15-24(32(47)48)40-29(44)20-11-13-21(14-12-20)37-30(45)25-19-36-28-27(39-25)31(46)42-34(35)41-28/h5-6,9-14,19,24H,3-4,7-8,15-18H2,1-2H3,(H,37,45)(H,38,43)(H,40,44)(H,47,48)(H3,35,36,41,42,46)/t24-/m0/s1. The smallest absolute Gasteiger partial charge is 0.474 e. The Morgan fingerprint density at radius 2 is 1.60 bits per heavy atom. The van der Waals surface area contributed by atoms with Crippen LogP contribution in [0, 0.1) is 0 Å². The molecule has 4 rings (SSSR count). The summed E-state index contributed by atoms with van der Waals surface area (Å²) in [5, 5.41) is 17.2. The summed E-state index contributed by atoms with van der Waals surface area (Å²) in [4.78, 5) is 89.2. The first kappa shape index (κ1) is 41.7. The van der Waals surface area contributed by atoms with Gasteiger partial charge in [0.25, 0.3) is 11.8 Å². The van der Waals surface area contributed by atoms with Crippen LogP contribution in [0.1, 0.15) is 70.7 Å². The van der Waals surface area contributed by atoms with Gasteiger partial charge in [0.2, 0.25) is 11.9 Å². The van der Waals surface area contributed by atoms with Gasteiger partial charge in [0.05, 0.1) is 43.9 Å². The highest BCUT2D eigenvalue weighted by Gasteiger charge is 2.25. The minimum atomic E-state index is -3.64. The first-order valence-corrected chi connectivity index (χ1v) is 18.4. The zero-order valence-corrected chi connectivity index (χ0v) is 30.6. The van der Waals surface area contributed by atoms with Gasteiger partial charge in [0.1, 0.15) is 11.7 Å². The number of nitrogens with zero attached hydrogens (tertiary/aromatic N) is 3. The molecule has 7 N–H and O–H groups in total. The number of nitrogens with one attached hydrogen (secondary N) is 4. The van der Waals surface area contributed by atoms with Crippen molar-refractivity contribution in [2.75, 3.05) is 42.8 Å². The maximum absolute atomic E-state index is 12.9. The minimum Gasteiger partial charge on any atom is -0.480 e. The van der Waals surface area contributed by atoms with Gasteiger partial charge in [-0.2, -0.15) is 4.98 Å². The van der Waals surface area contributed by atoms with Gasteiger partial charge in [0.15, 0.2) is 11.2 Å². The van der Waals surface area contributed by atoms with Gasteiger partial charge in [-0.3, -0.25) is 32.7 Å². The second kappa shape index (κ2) is 19.8. The Hall–Kier alpha value is -6.08. The number of aromatic nitrogens is 4. The van der Waals surface area contributed by atoms with E-state index < -0.39 is 49.1 Å². The third kappa shape index (κ3) is 12.2. The molecule has 0 aliphatic carbocycles. The van der Waals surface area contributed by atoms with E-state index >= 15 is 0 Å². The number of anilines is 3. The first-order chi connectivity index (χ1) is 26.3. The number of para-hydroxylation sites is 1. The summed E-state index contributed by atoms with van der Waals surface area (Å²) in [6.45, 7) is 3.68. The fourth-order valence-corrected chi connectivity index (χ4v) is 5.97. The lowest BCUT2D eigenvalue weighted by atomic mass is 10.1. The van der Waals surface area contributed by atoms with Crippen LogP contribution in [0.4, 0.5) is 17.3 Å². The predicted octanol–water partition coefficient (Wildman–Crippen LogP) is 3.28. The number of benzene rings is 2. The Kier molecular flexibility index (Phi) is 15.0. The van der Waals surface area contributed by atoms with E-state index in [1.165, 1.54) is 36.4 Å². The summed E-state index contributed by atoms with van der Waals surface area (Å²) in [6.07, 6.45) is 1.29. The topological polar surface area (TPSA) is 293 Å². The number of rotatable bonds is 20. The maximum Gasteiger partial charge on any atom is 0.474 e. The van der Waals surface area contributed by atoms with Crippen LogP contribution >= 0.6 is 7.82 Å². The maximum atomic E-state index is 12.9. The van der Waals surface area contributed by atoms with Crippen molar-refractivity contribution in [2.24, 2.45) is 0 Å². The molecule has 0 aliphatic rings. The lowest BCUT2D eigenvalue weighted by molar-refractivity contribution is -0.139. The Labute approximate surface area is 313 Å². The van der Waals surface area contributed by atoms with Crippen molar-refractivity contribution >= 4 is 66.0 Å². The number of carbonyl (C=O) groups is 5. The number of carbonyl (C=O) groups excluding carboxylic acids is 4. The number of unbranched alkanes of at least 4 members (excludes halogenated alkanes) is 1. The molecule has 0 aliphatic heterocycles. The monoisotopic (exact) mass is 782 g/mol. The molecule has 0 spiro atoms. The van der Waals surface area contributed by atoms with Crippen molar-refractivity contribution in [3.63, 3.8) is 0 Å². The third-order valence-electron chi connectivity index (χ3n) is 7.36. The number of carboxylic acids is 1. The molecular weight excluding hydrogens is 743 g/mol. The average Bonchev–Trinajstić information content (AvgIpc) is 3.15.